The molecule has 0 bridgehead atoms. The smallest absolute Gasteiger partial charge is 0.252 e. The van der Waals surface area contributed by atoms with Gasteiger partial charge in [0, 0.05) is 18.6 Å². The maximum Gasteiger partial charge on any atom is 0.252 e. The van der Waals surface area contributed by atoms with Crippen molar-refractivity contribution in [2.75, 3.05) is 6.54 Å². The number of carbonyl (C=O) groups is 1. The molecule has 4 nitrogen and oxygen atoms in total. The Morgan fingerprint density at radius 3 is 2.41 bits per heavy atom. The lowest BCUT2D eigenvalue weighted by Gasteiger charge is -2.29. The monoisotopic (exact) mass is 262 g/mol. The Balaban J connectivity index is 0.00000144. The van der Waals surface area contributed by atoms with E-state index in [0.29, 0.717) is 12.6 Å². The minimum absolute atomic E-state index is 0. The first-order valence-electron chi connectivity index (χ1n) is 6.31. The predicted molar refractivity (Wildman–Crippen MR) is 69.2 cm³/mol. The summed E-state index contributed by atoms with van der Waals surface area (Å²) in [5.41, 5.74) is 5.55. The highest BCUT2D eigenvalue weighted by Gasteiger charge is 2.40. The Hall–Kier alpha value is -0.320. The molecule has 2 N–H and O–H groups in total. The van der Waals surface area contributed by atoms with Gasteiger partial charge in [0.05, 0.1) is 6.10 Å². The minimum Gasteiger partial charge on any atom is -0.364 e. The van der Waals surface area contributed by atoms with E-state index in [1.807, 2.05) is 4.90 Å². The van der Waals surface area contributed by atoms with Crippen LogP contribution in [-0.4, -0.2) is 41.6 Å². The van der Waals surface area contributed by atoms with E-state index >= 15 is 0 Å². The zero-order chi connectivity index (χ0) is 11.7. The molecule has 0 aromatic heterocycles. The number of halogens is 1. The molecule has 100 valence electrons. The first kappa shape index (κ1) is 14.7. The summed E-state index contributed by atoms with van der Waals surface area (Å²) in [6, 6.07) is 0.744. The molecular formula is C12H23ClN2O2. The molecular weight excluding hydrogens is 240 g/mol. The molecule has 1 amide bonds. The third-order valence-corrected chi connectivity index (χ3v) is 3.40. The van der Waals surface area contributed by atoms with Crippen LogP contribution < -0.4 is 5.73 Å². The Morgan fingerprint density at radius 1 is 1.35 bits per heavy atom. The fourth-order valence-electron chi connectivity index (χ4n) is 2.44. The molecule has 1 aliphatic heterocycles. The van der Waals surface area contributed by atoms with E-state index in [0.717, 1.165) is 25.7 Å². The summed E-state index contributed by atoms with van der Waals surface area (Å²) in [4.78, 5) is 14.3. The first-order valence-corrected chi connectivity index (χ1v) is 6.31. The summed E-state index contributed by atoms with van der Waals surface area (Å²) in [5.74, 6) is 0.174. The molecule has 1 saturated heterocycles. The number of hydrogen-bond acceptors (Lipinski definition) is 3. The maximum absolute atomic E-state index is 12.3. The lowest BCUT2D eigenvalue weighted by molar-refractivity contribution is -0.145. The summed E-state index contributed by atoms with van der Waals surface area (Å²) >= 11 is 0. The van der Waals surface area contributed by atoms with Crippen molar-refractivity contribution in [3.05, 3.63) is 0 Å². The van der Waals surface area contributed by atoms with Crippen molar-refractivity contribution in [2.45, 2.75) is 63.8 Å². The number of nitrogens with zero attached hydrogens (tertiary/aromatic N) is 1. The number of rotatable bonds is 4. The molecule has 1 aliphatic carbocycles. The van der Waals surface area contributed by atoms with Crippen LogP contribution in [0.3, 0.4) is 0 Å². The summed E-state index contributed by atoms with van der Waals surface area (Å²) < 4.78 is 5.67. The van der Waals surface area contributed by atoms with Crippen LogP contribution in [-0.2, 0) is 9.53 Å². The molecule has 0 aromatic rings. The quantitative estimate of drug-likeness (QED) is 0.831. The van der Waals surface area contributed by atoms with Crippen LogP contribution in [0.4, 0.5) is 0 Å². The number of hydrogen-bond donors (Lipinski definition) is 1. The summed E-state index contributed by atoms with van der Waals surface area (Å²) in [7, 11) is 0. The summed E-state index contributed by atoms with van der Waals surface area (Å²) in [6.07, 6.45) is 3.90. The van der Waals surface area contributed by atoms with Crippen molar-refractivity contribution in [1.29, 1.82) is 0 Å². The second-order valence-corrected chi connectivity index (χ2v) is 5.13. The van der Waals surface area contributed by atoms with Crippen molar-refractivity contribution >= 4 is 18.3 Å². The summed E-state index contributed by atoms with van der Waals surface area (Å²) in [6.45, 7) is 4.67. The van der Waals surface area contributed by atoms with Crippen molar-refractivity contribution in [3.63, 3.8) is 0 Å². The van der Waals surface area contributed by atoms with E-state index in [2.05, 4.69) is 13.8 Å². The van der Waals surface area contributed by atoms with Crippen LogP contribution in [0.25, 0.3) is 0 Å². The van der Waals surface area contributed by atoms with E-state index in [4.69, 9.17) is 10.5 Å². The van der Waals surface area contributed by atoms with Gasteiger partial charge in [-0.1, -0.05) is 0 Å². The topological polar surface area (TPSA) is 55.6 Å². The van der Waals surface area contributed by atoms with Gasteiger partial charge in [-0.2, -0.15) is 0 Å². The van der Waals surface area contributed by atoms with E-state index in [9.17, 15) is 4.79 Å². The largest absolute Gasteiger partial charge is 0.364 e. The van der Waals surface area contributed by atoms with Crippen LogP contribution in [0.15, 0.2) is 0 Å². The van der Waals surface area contributed by atoms with Crippen molar-refractivity contribution < 1.29 is 9.53 Å². The Kier molecular flexibility index (Phi) is 5.22. The Labute approximate surface area is 109 Å². The molecule has 5 heteroatoms. The van der Waals surface area contributed by atoms with Gasteiger partial charge in [-0.25, -0.2) is 0 Å². The Bertz CT molecular complexity index is 267. The highest BCUT2D eigenvalue weighted by molar-refractivity contribution is 5.85. The lowest BCUT2D eigenvalue weighted by atomic mass is 10.1. The molecule has 2 rings (SSSR count). The molecule has 0 spiro atoms. The van der Waals surface area contributed by atoms with Gasteiger partial charge in [-0.3, -0.25) is 4.79 Å². The van der Waals surface area contributed by atoms with Gasteiger partial charge in [-0.05, 0) is 39.5 Å². The molecule has 1 heterocycles. The second kappa shape index (κ2) is 6.03. The standard InChI is InChI=1S/C12H22N2O2.ClH/c1-8(2)14(9-3-4-9)12(15)11-6-5-10(7-13)16-11;/h8-11H,3-7,13H2,1-2H3;1H/t10-,11+;/m1./s1. The zero-order valence-electron chi connectivity index (χ0n) is 10.6. The lowest BCUT2D eigenvalue weighted by Crippen LogP contribution is -2.45. The third kappa shape index (κ3) is 3.33. The van der Waals surface area contributed by atoms with Gasteiger partial charge in [0.15, 0.2) is 0 Å². The molecule has 2 atom stereocenters. The van der Waals surface area contributed by atoms with Crippen LogP contribution in [0.1, 0.15) is 39.5 Å². The van der Waals surface area contributed by atoms with Crippen molar-refractivity contribution in [2.24, 2.45) is 5.73 Å². The van der Waals surface area contributed by atoms with E-state index in [1.54, 1.807) is 0 Å². The van der Waals surface area contributed by atoms with Crippen molar-refractivity contribution in [3.8, 4) is 0 Å². The van der Waals surface area contributed by atoms with Crippen LogP contribution in [0.2, 0.25) is 0 Å². The maximum atomic E-state index is 12.3. The average molecular weight is 263 g/mol. The van der Waals surface area contributed by atoms with Crippen LogP contribution >= 0.6 is 12.4 Å². The number of amides is 1. The van der Waals surface area contributed by atoms with Gasteiger partial charge < -0.3 is 15.4 Å². The van der Waals surface area contributed by atoms with Gasteiger partial charge in [-0.15, -0.1) is 12.4 Å². The van der Waals surface area contributed by atoms with Gasteiger partial charge in [0.25, 0.3) is 5.91 Å². The number of nitrogens with two attached hydrogens (primary N) is 1. The minimum atomic E-state index is -0.239. The fraction of sp³-hybridized carbons (Fsp3) is 0.917. The predicted octanol–water partition coefficient (Wildman–Crippen LogP) is 1.31. The second-order valence-electron chi connectivity index (χ2n) is 5.13. The van der Waals surface area contributed by atoms with Gasteiger partial charge in [0.2, 0.25) is 0 Å². The van der Waals surface area contributed by atoms with Crippen LogP contribution in [0.5, 0.6) is 0 Å². The third-order valence-electron chi connectivity index (χ3n) is 3.40. The van der Waals surface area contributed by atoms with Gasteiger partial charge >= 0.3 is 0 Å². The molecule has 0 radical (unpaired) electrons. The molecule has 1 saturated carbocycles. The highest BCUT2D eigenvalue weighted by atomic mass is 35.5. The summed E-state index contributed by atoms with van der Waals surface area (Å²) in [5, 5.41) is 0. The van der Waals surface area contributed by atoms with Crippen LogP contribution in [0, 0.1) is 0 Å². The highest BCUT2D eigenvalue weighted by Crippen LogP contribution is 2.31. The molecule has 2 aliphatic rings. The van der Waals surface area contributed by atoms with Crippen molar-refractivity contribution in [1.82, 2.24) is 4.90 Å². The number of ether oxygens (including phenoxy) is 1. The number of carbonyl (C=O) groups excluding carboxylic acids is 1. The molecule has 0 aromatic carbocycles. The Morgan fingerprint density at radius 2 is 2.00 bits per heavy atom. The average Bonchev–Trinajstić information content (AvgIpc) is 2.95. The van der Waals surface area contributed by atoms with E-state index in [-0.39, 0.29) is 36.6 Å². The zero-order valence-corrected chi connectivity index (χ0v) is 11.4. The van der Waals surface area contributed by atoms with E-state index < -0.39 is 0 Å². The van der Waals surface area contributed by atoms with Gasteiger partial charge in [0.1, 0.15) is 6.10 Å². The first-order chi connectivity index (χ1) is 7.63. The SMILES string of the molecule is CC(C)N(C(=O)[C@@H]1CC[C@H](CN)O1)C1CC1.Cl. The normalized spacial score (nSPS) is 28.0. The fourth-order valence-corrected chi connectivity index (χ4v) is 2.44. The van der Waals surface area contributed by atoms with E-state index in [1.165, 1.54) is 0 Å². The molecule has 17 heavy (non-hydrogen) atoms. The molecule has 2 fully saturated rings. The molecule has 0 unspecified atom stereocenters.